The van der Waals surface area contributed by atoms with Crippen molar-refractivity contribution in [2.45, 2.75) is 12.6 Å². The van der Waals surface area contributed by atoms with Crippen LogP contribution in [0.25, 0.3) is 0 Å². The summed E-state index contributed by atoms with van der Waals surface area (Å²) in [6, 6.07) is 7.92. The Kier molecular flexibility index (Phi) is 4.96. The van der Waals surface area contributed by atoms with Crippen molar-refractivity contribution in [3.8, 4) is 0 Å². The van der Waals surface area contributed by atoms with Crippen molar-refractivity contribution in [1.82, 2.24) is 15.1 Å². The number of carbonyl (C=O) groups excluding carboxylic acids is 1. The maximum absolute atomic E-state index is 12.4. The highest BCUT2D eigenvalue weighted by atomic mass is 79.9. The van der Waals surface area contributed by atoms with E-state index in [1.54, 1.807) is 4.90 Å². The highest BCUT2D eigenvalue weighted by molar-refractivity contribution is 9.10. The van der Waals surface area contributed by atoms with Crippen LogP contribution in [0, 0.1) is 0 Å². The molecule has 1 unspecified atom stereocenters. The van der Waals surface area contributed by atoms with Crippen molar-refractivity contribution in [2.75, 3.05) is 33.7 Å². The number of benzene rings is 1. The monoisotopic (exact) mass is 325 g/mol. The standard InChI is InChI=1S/C14H20BrN3O/c1-17-8-7-16-13(10-17)14(19)18(2)9-11-5-3-4-6-12(11)15/h3-6,13,16H,7-10H2,1-2H3. The number of piperazine rings is 1. The van der Waals surface area contributed by atoms with Crippen molar-refractivity contribution < 1.29 is 4.79 Å². The van der Waals surface area contributed by atoms with Gasteiger partial charge in [0.05, 0.1) is 6.04 Å². The van der Waals surface area contributed by atoms with Gasteiger partial charge in [0, 0.05) is 37.7 Å². The first kappa shape index (κ1) is 14.5. The Bertz CT molecular complexity index is 452. The van der Waals surface area contributed by atoms with Gasteiger partial charge in [0.25, 0.3) is 0 Å². The topological polar surface area (TPSA) is 35.6 Å². The van der Waals surface area contributed by atoms with Gasteiger partial charge in [-0.2, -0.15) is 0 Å². The molecule has 1 atom stereocenters. The number of carbonyl (C=O) groups is 1. The van der Waals surface area contributed by atoms with Crippen molar-refractivity contribution >= 4 is 21.8 Å². The van der Waals surface area contributed by atoms with Crippen LogP contribution in [0.15, 0.2) is 28.7 Å². The maximum atomic E-state index is 12.4. The third kappa shape index (κ3) is 3.78. The maximum Gasteiger partial charge on any atom is 0.241 e. The van der Waals surface area contributed by atoms with Gasteiger partial charge in [-0.1, -0.05) is 34.1 Å². The van der Waals surface area contributed by atoms with E-state index in [0.29, 0.717) is 6.54 Å². The SMILES string of the molecule is CN1CCNC(C(=O)N(C)Cc2ccccc2Br)C1. The van der Waals surface area contributed by atoms with Crippen LogP contribution >= 0.6 is 15.9 Å². The Morgan fingerprint density at radius 3 is 2.95 bits per heavy atom. The second kappa shape index (κ2) is 6.50. The van der Waals surface area contributed by atoms with Gasteiger partial charge in [-0.25, -0.2) is 0 Å². The summed E-state index contributed by atoms with van der Waals surface area (Å²) < 4.78 is 1.04. The molecule has 1 aliphatic heterocycles. The second-order valence-corrected chi connectivity index (χ2v) is 5.91. The molecule has 1 N–H and O–H groups in total. The van der Waals surface area contributed by atoms with Crippen molar-refractivity contribution in [1.29, 1.82) is 0 Å². The molecule has 1 aliphatic rings. The Balaban J connectivity index is 1.97. The smallest absolute Gasteiger partial charge is 0.241 e. The molecule has 0 bridgehead atoms. The average molecular weight is 326 g/mol. The van der Waals surface area contributed by atoms with E-state index < -0.39 is 0 Å². The van der Waals surface area contributed by atoms with Crippen LogP contribution in [-0.2, 0) is 11.3 Å². The van der Waals surface area contributed by atoms with Crippen molar-refractivity contribution in [3.05, 3.63) is 34.3 Å². The Morgan fingerprint density at radius 1 is 1.53 bits per heavy atom. The highest BCUT2D eigenvalue weighted by Crippen LogP contribution is 2.17. The minimum atomic E-state index is -0.0914. The van der Waals surface area contributed by atoms with Crippen LogP contribution in [0.1, 0.15) is 5.56 Å². The van der Waals surface area contributed by atoms with Gasteiger partial charge in [-0.3, -0.25) is 4.79 Å². The quantitative estimate of drug-likeness (QED) is 0.910. The summed E-state index contributed by atoms with van der Waals surface area (Å²) in [5.41, 5.74) is 1.13. The lowest BCUT2D eigenvalue weighted by molar-refractivity contribution is -0.133. The van der Waals surface area contributed by atoms with Gasteiger partial charge in [0.15, 0.2) is 0 Å². The minimum absolute atomic E-state index is 0.0914. The third-order valence-electron chi connectivity index (χ3n) is 3.42. The number of nitrogens with one attached hydrogen (secondary N) is 1. The van der Waals surface area contributed by atoms with Crippen LogP contribution in [0.2, 0.25) is 0 Å². The molecule has 1 fully saturated rings. The van der Waals surface area contributed by atoms with Gasteiger partial charge >= 0.3 is 0 Å². The molecular formula is C14H20BrN3O. The molecular weight excluding hydrogens is 306 g/mol. The normalized spacial score (nSPS) is 20.3. The largest absolute Gasteiger partial charge is 0.340 e. The molecule has 5 heteroatoms. The first-order chi connectivity index (χ1) is 9.08. The van der Waals surface area contributed by atoms with Crippen molar-refractivity contribution in [2.24, 2.45) is 0 Å². The van der Waals surface area contributed by atoms with E-state index in [0.717, 1.165) is 29.7 Å². The molecule has 1 saturated heterocycles. The van der Waals surface area contributed by atoms with E-state index >= 15 is 0 Å². The zero-order valence-electron chi connectivity index (χ0n) is 11.4. The summed E-state index contributed by atoms with van der Waals surface area (Å²) in [4.78, 5) is 16.4. The zero-order chi connectivity index (χ0) is 13.8. The molecule has 0 saturated carbocycles. The predicted octanol–water partition coefficient (Wildman–Crippen LogP) is 1.31. The molecule has 104 valence electrons. The summed E-state index contributed by atoms with van der Waals surface area (Å²) in [6.07, 6.45) is 0. The molecule has 2 rings (SSSR count). The van der Waals surface area contributed by atoms with Gasteiger partial charge in [0.1, 0.15) is 0 Å². The first-order valence-electron chi connectivity index (χ1n) is 6.48. The molecule has 0 radical (unpaired) electrons. The fraction of sp³-hybridized carbons (Fsp3) is 0.500. The fourth-order valence-electron chi connectivity index (χ4n) is 2.29. The van der Waals surface area contributed by atoms with Gasteiger partial charge in [-0.15, -0.1) is 0 Å². The van der Waals surface area contributed by atoms with Crippen molar-refractivity contribution in [3.63, 3.8) is 0 Å². The first-order valence-corrected chi connectivity index (χ1v) is 7.27. The number of hydrogen-bond donors (Lipinski definition) is 1. The summed E-state index contributed by atoms with van der Waals surface area (Å²) in [7, 11) is 3.91. The summed E-state index contributed by atoms with van der Waals surface area (Å²) in [5.74, 6) is 0.155. The number of hydrogen-bond acceptors (Lipinski definition) is 3. The van der Waals surface area contributed by atoms with E-state index in [-0.39, 0.29) is 11.9 Å². The molecule has 0 aliphatic carbocycles. The van der Waals surface area contributed by atoms with E-state index in [9.17, 15) is 4.79 Å². The number of halogens is 1. The van der Waals surface area contributed by atoms with E-state index in [4.69, 9.17) is 0 Å². The number of amides is 1. The highest BCUT2D eigenvalue weighted by Gasteiger charge is 2.26. The van der Waals surface area contributed by atoms with E-state index in [2.05, 4.69) is 33.2 Å². The lowest BCUT2D eigenvalue weighted by atomic mass is 10.1. The third-order valence-corrected chi connectivity index (χ3v) is 4.19. The summed E-state index contributed by atoms with van der Waals surface area (Å²) in [5, 5.41) is 3.29. The van der Waals surface area contributed by atoms with Crippen LogP contribution in [0.5, 0.6) is 0 Å². The molecule has 0 aromatic heterocycles. The van der Waals surface area contributed by atoms with Crippen LogP contribution in [0.3, 0.4) is 0 Å². The van der Waals surface area contributed by atoms with E-state index in [1.165, 1.54) is 0 Å². The van der Waals surface area contributed by atoms with Gasteiger partial charge in [-0.05, 0) is 18.7 Å². The minimum Gasteiger partial charge on any atom is -0.340 e. The van der Waals surface area contributed by atoms with Crippen LogP contribution < -0.4 is 5.32 Å². The second-order valence-electron chi connectivity index (χ2n) is 5.05. The summed E-state index contributed by atoms with van der Waals surface area (Å²) >= 11 is 3.52. The molecule has 1 aromatic carbocycles. The zero-order valence-corrected chi connectivity index (χ0v) is 13.0. The Labute approximate surface area is 122 Å². The lowest BCUT2D eigenvalue weighted by Gasteiger charge is -2.32. The Morgan fingerprint density at radius 2 is 2.26 bits per heavy atom. The Hall–Kier alpha value is -0.910. The van der Waals surface area contributed by atoms with Gasteiger partial charge in [0.2, 0.25) is 5.91 Å². The summed E-state index contributed by atoms with van der Waals surface area (Å²) in [6.45, 7) is 3.27. The number of likely N-dealkylation sites (N-methyl/N-ethyl adjacent to an activating group) is 2. The molecule has 1 aromatic rings. The fourth-order valence-corrected chi connectivity index (χ4v) is 2.70. The van der Waals surface area contributed by atoms with Crippen LogP contribution in [0.4, 0.5) is 0 Å². The molecule has 1 heterocycles. The molecule has 19 heavy (non-hydrogen) atoms. The molecule has 4 nitrogen and oxygen atoms in total. The lowest BCUT2D eigenvalue weighted by Crippen LogP contribution is -2.56. The van der Waals surface area contributed by atoms with E-state index in [1.807, 2.05) is 31.3 Å². The molecule has 0 spiro atoms. The average Bonchev–Trinajstić information content (AvgIpc) is 2.40. The number of nitrogens with zero attached hydrogens (tertiary/aromatic N) is 2. The van der Waals surface area contributed by atoms with Crippen LogP contribution in [-0.4, -0.2) is 55.5 Å². The molecule has 1 amide bonds. The van der Waals surface area contributed by atoms with Gasteiger partial charge < -0.3 is 15.1 Å². The predicted molar refractivity (Wildman–Crippen MR) is 79.9 cm³/mol. The number of rotatable bonds is 3.